The van der Waals surface area contributed by atoms with Gasteiger partial charge in [-0.2, -0.15) is 0 Å². The summed E-state index contributed by atoms with van der Waals surface area (Å²) in [7, 11) is 1.60. The van der Waals surface area contributed by atoms with Gasteiger partial charge in [-0.25, -0.2) is 0 Å². The molecule has 1 aromatic heterocycles. The van der Waals surface area contributed by atoms with Crippen LogP contribution in [0.5, 0.6) is 11.5 Å². The molecule has 0 aliphatic heterocycles. The molecule has 124 valence electrons. The Balaban J connectivity index is 1.90. The number of rotatable bonds is 7. The fourth-order valence-electron chi connectivity index (χ4n) is 1.63. The topological polar surface area (TPSA) is 73.3 Å². The van der Waals surface area contributed by atoms with Gasteiger partial charge in [-0.15, -0.1) is 10.2 Å². The number of hydrogen-bond donors (Lipinski definition) is 1. The molecule has 0 fully saturated rings. The maximum Gasteiger partial charge on any atom is 0.266 e. The largest absolute Gasteiger partial charge is 0.497 e. The van der Waals surface area contributed by atoms with E-state index >= 15 is 0 Å². The van der Waals surface area contributed by atoms with Crippen molar-refractivity contribution in [3.05, 3.63) is 24.3 Å². The van der Waals surface area contributed by atoms with Crippen LogP contribution in [0.15, 0.2) is 28.6 Å². The molecule has 2 aromatic rings. The van der Waals surface area contributed by atoms with Gasteiger partial charge in [-0.3, -0.25) is 10.1 Å². The Labute approximate surface area is 143 Å². The zero-order valence-corrected chi connectivity index (χ0v) is 15.0. The van der Waals surface area contributed by atoms with E-state index in [1.807, 2.05) is 0 Å². The molecule has 1 amide bonds. The quantitative estimate of drug-likeness (QED) is 0.607. The van der Waals surface area contributed by atoms with Crippen LogP contribution in [0.4, 0.5) is 5.13 Å². The van der Waals surface area contributed by atoms with Crippen LogP contribution >= 0.6 is 23.1 Å². The van der Waals surface area contributed by atoms with E-state index in [0.29, 0.717) is 16.1 Å². The smallest absolute Gasteiger partial charge is 0.266 e. The summed E-state index contributed by atoms with van der Waals surface area (Å²) in [5.41, 5.74) is 0. The van der Waals surface area contributed by atoms with Crippen LogP contribution in [0, 0.1) is 0 Å². The molecule has 0 aliphatic carbocycles. The number of methoxy groups -OCH3 is 1. The number of aromatic nitrogens is 2. The molecular weight excluding hydrogens is 334 g/mol. The molecule has 0 aliphatic rings. The van der Waals surface area contributed by atoms with Gasteiger partial charge in [0.1, 0.15) is 11.5 Å². The van der Waals surface area contributed by atoms with E-state index in [1.165, 1.54) is 11.3 Å². The minimum absolute atomic E-state index is 0.266. The zero-order valence-electron chi connectivity index (χ0n) is 13.4. The van der Waals surface area contributed by atoms with Gasteiger partial charge in [0.15, 0.2) is 10.4 Å². The number of amides is 1. The molecular formula is C15H19N3O3S2. The summed E-state index contributed by atoms with van der Waals surface area (Å²) in [5.74, 6) is 1.07. The standard InChI is InChI=1S/C15H19N3O3S2/c1-9(2)22-15-18-17-14(23-15)16-13(19)10(3)21-12-7-5-11(20-4)6-8-12/h5-10H,1-4H3,(H,16,17,19)/t10-/m0/s1. The van der Waals surface area contributed by atoms with Crippen molar-refractivity contribution in [3.63, 3.8) is 0 Å². The number of thioether (sulfide) groups is 1. The highest BCUT2D eigenvalue weighted by Crippen LogP contribution is 2.28. The van der Waals surface area contributed by atoms with E-state index in [-0.39, 0.29) is 5.91 Å². The maximum absolute atomic E-state index is 12.1. The fraction of sp³-hybridized carbons (Fsp3) is 0.400. The number of nitrogens with zero attached hydrogens (tertiary/aromatic N) is 2. The molecule has 0 radical (unpaired) electrons. The first-order valence-corrected chi connectivity index (χ1v) is 8.79. The van der Waals surface area contributed by atoms with E-state index in [1.54, 1.807) is 50.1 Å². The molecule has 23 heavy (non-hydrogen) atoms. The van der Waals surface area contributed by atoms with Crippen LogP contribution in [0.1, 0.15) is 20.8 Å². The monoisotopic (exact) mass is 353 g/mol. The first-order valence-electron chi connectivity index (χ1n) is 7.09. The first-order chi connectivity index (χ1) is 11.0. The number of benzene rings is 1. The van der Waals surface area contributed by atoms with E-state index in [4.69, 9.17) is 9.47 Å². The summed E-state index contributed by atoms with van der Waals surface area (Å²) in [6, 6.07) is 7.07. The lowest BCUT2D eigenvalue weighted by Gasteiger charge is -2.13. The molecule has 8 heteroatoms. The molecule has 6 nitrogen and oxygen atoms in total. The van der Waals surface area contributed by atoms with Crippen LogP contribution in [0.3, 0.4) is 0 Å². The van der Waals surface area contributed by atoms with Crippen LogP contribution in [0.2, 0.25) is 0 Å². The third-order valence-corrected chi connectivity index (χ3v) is 4.64. The number of anilines is 1. The first kappa shape index (κ1) is 17.6. The van der Waals surface area contributed by atoms with Crippen molar-refractivity contribution >= 4 is 34.1 Å². The average Bonchev–Trinajstić information content (AvgIpc) is 2.94. The molecule has 0 spiro atoms. The second-order valence-electron chi connectivity index (χ2n) is 4.96. The molecule has 0 saturated heterocycles. The molecule has 1 N–H and O–H groups in total. The number of hydrogen-bond acceptors (Lipinski definition) is 7. The number of nitrogens with one attached hydrogen (secondary N) is 1. The Kier molecular flexibility index (Phi) is 6.23. The molecule has 0 bridgehead atoms. The second-order valence-corrected chi connectivity index (χ2v) is 7.77. The van der Waals surface area contributed by atoms with Gasteiger partial charge in [-0.05, 0) is 31.2 Å². The highest BCUT2D eigenvalue weighted by molar-refractivity contribution is 8.01. The Hall–Kier alpha value is -1.80. The van der Waals surface area contributed by atoms with Crippen molar-refractivity contribution in [1.82, 2.24) is 10.2 Å². The van der Waals surface area contributed by atoms with Crippen molar-refractivity contribution in [3.8, 4) is 11.5 Å². The second kappa shape index (κ2) is 8.16. The van der Waals surface area contributed by atoms with E-state index in [0.717, 1.165) is 10.1 Å². The molecule has 0 saturated carbocycles. The fourth-order valence-corrected chi connectivity index (χ4v) is 3.61. The number of ether oxygens (including phenoxy) is 2. The van der Waals surface area contributed by atoms with Gasteiger partial charge in [0.05, 0.1) is 7.11 Å². The van der Waals surface area contributed by atoms with Gasteiger partial charge >= 0.3 is 0 Å². The minimum atomic E-state index is -0.645. The van der Waals surface area contributed by atoms with E-state index in [9.17, 15) is 4.79 Å². The summed E-state index contributed by atoms with van der Waals surface area (Å²) in [6.07, 6.45) is -0.645. The van der Waals surface area contributed by atoms with Crippen molar-refractivity contribution in [1.29, 1.82) is 0 Å². The van der Waals surface area contributed by atoms with Crippen LogP contribution in [0.25, 0.3) is 0 Å². The minimum Gasteiger partial charge on any atom is -0.497 e. The third kappa shape index (κ3) is 5.40. The van der Waals surface area contributed by atoms with Gasteiger partial charge in [-0.1, -0.05) is 36.9 Å². The number of carbonyl (C=O) groups excluding carboxylic acids is 1. The van der Waals surface area contributed by atoms with Crippen LogP contribution in [-0.4, -0.2) is 34.6 Å². The van der Waals surface area contributed by atoms with Crippen LogP contribution in [-0.2, 0) is 4.79 Å². The summed E-state index contributed by atoms with van der Waals surface area (Å²) in [4.78, 5) is 12.1. The van der Waals surface area contributed by atoms with Crippen molar-refractivity contribution in [2.24, 2.45) is 0 Å². The Morgan fingerprint density at radius 1 is 1.17 bits per heavy atom. The third-order valence-electron chi connectivity index (χ3n) is 2.71. The molecule has 1 aromatic carbocycles. The summed E-state index contributed by atoms with van der Waals surface area (Å²) in [6.45, 7) is 5.84. The highest BCUT2D eigenvalue weighted by Gasteiger charge is 2.17. The predicted molar refractivity (Wildman–Crippen MR) is 92.6 cm³/mol. The molecule has 1 heterocycles. The van der Waals surface area contributed by atoms with Gasteiger partial charge < -0.3 is 9.47 Å². The van der Waals surface area contributed by atoms with E-state index < -0.39 is 6.10 Å². The molecule has 1 atom stereocenters. The lowest BCUT2D eigenvalue weighted by molar-refractivity contribution is -0.122. The summed E-state index contributed by atoms with van der Waals surface area (Å²) in [5, 5.41) is 11.6. The molecule has 0 unspecified atom stereocenters. The van der Waals surface area contributed by atoms with Crippen molar-refractivity contribution < 1.29 is 14.3 Å². The lowest BCUT2D eigenvalue weighted by atomic mass is 10.3. The average molecular weight is 353 g/mol. The normalized spacial score (nSPS) is 12.0. The Bertz CT molecular complexity index is 644. The van der Waals surface area contributed by atoms with E-state index in [2.05, 4.69) is 29.4 Å². The zero-order chi connectivity index (χ0) is 16.8. The highest BCUT2D eigenvalue weighted by atomic mass is 32.2. The summed E-state index contributed by atoms with van der Waals surface area (Å²) >= 11 is 2.97. The lowest BCUT2D eigenvalue weighted by Crippen LogP contribution is -2.30. The maximum atomic E-state index is 12.1. The van der Waals surface area contributed by atoms with Crippen molar-refractivity contribution in [2.75, 3.05) is 12.4 Å². The summed E-state index contributed by atoms with van der Waals surface area (Å²) < 4.78 is 11.5. The number of carbonyl (C=O) groups is 1. The predicted octanol–water partition coefficient (Wildman–Crippen LogP) is 3.45. The van der Waals surface area contributed by atoms with Gasteiger partial charge in [0.2, 0.25) is 5.13 Å². The SMILES string of the molecule is COc1ccc(O[C@@H](C)C(=O)Nc2nnc(SC(C)C)s2)cc1. The Morgan fingerprint density at radius 2 is 1.83 bits per heavy atom. The van der Waals surface area contributed by atoms with Gasteiger partial charge in [0, 0.05) is 5.25 Å². The Morgan fingerprint density at radius 3 is 2.43 bits per heavy atom. The molecule has 2 rings (SSSR count). The van der Waals surface area contributed by atoms with Crippen molar-refractivity contribution in [2.45, 2.75) is 36.5 Å². The van der Waals surface area contributed by atoms with Crippen LogP contribution < -0.4 is 14.8 Å². The van der Waals surface area contributed by atoms with Gasteiger partial charge in [0.25, 0.3) is 5.91 Å².